The molecule has 0 fully saturated rings. The highest BCUT2D eigenvalue weighted by atomic mass is 127. The molecule has 2 aromatic heterocycles. The number of aromatic nitrogens is 4. The fourth-order valence-corrected chi connectivity index (χ4v) is 2.48. The fraction of sp³-hybridized carbons (Fsp3) is 0.0714. The maximum absolute atomic E-state index is 12.1. The van der Waals surface area contributed by atoms with Crippen molar-refractivity contribution in [2.75, 3.05) is 0 Å². The standard InChI is InChI=1S/C14H10ClIN4O/c15-13-12(16)14(21)19(9-17-13)8-10-6-7-20(18-10)11-4-2-1-3-5-11/h1-7,9H,8H2. The van der Waals surface area contributed by atoms with Crippen molar-refractivity contribution in [2.24, 2.45) is 0 Å². The Bertz CT molecular complexity index is 828. The monoisotopic (exact) mass is 412 g/mol. The molecule has 0 spiro atoms. The minimum atomic E-state index is -0.162. The summed E-state index contributed by atoms with van der Waals surface area (Å²) in [6.07, 6.45) is 3.30. The van der Waals surface area contributed by atoms with Crippen molar-refractivity contribution in [3.63, 3.8) is 0 Å². The minimum absolute atomic E-state index is 0.162. The van der Waals surface area contributed by atoms with E-state index in [9.17, 15) is 4.79 Å². The Balaban J connectivity index is 1.89. The normalized spacial score (nSPS) is 10.8. The second kappa shape index (κ2) is 5.98. The van der Waals surface area contributed by atoms with Gasteiger partial charge >= 0.3 is 0 Å². The summed E-state index contributed by atoms with van der Waals surface area (Å²) in [4.78, 5) is 16.1. The fourth-order valence-electron chi connectivity index (χ4n) is 1.90. The van der Waals surface area contributed by atoms with Gasteiger partial charge in [-0.05, 0) is 40.8 Å². The van der Waals surface area contributed by atoms with E-state index in [0.717, 1.165) is 11.4 Å². The quantitative estimate of drug-likeness (QED) is 0.491. The lowest BCUT2D eigenvalue weighted by molar-refractivity contribution is 0.699. The van der Waals surface area contributed by atoms with Crippen LogP contribution in [0.4, 0.5) is 0 Å². The van der Waals surface area contributed by atoms with E-state index in [4.69, 9.17) is 11.6 Å². The Labute approximate surface area is 139 Å². The number of para-hydroxylation sites is 1. The molecular weight excluding hydrogens is 403 g/mol. The zero-order chi connectivity index (χ0) is 14.8. The van der Waals surface area contributed by atoms with Crippen LogP contribution in [-0.4, -0.2) is 19.3 Å². The van der Waals surface area contributed by atoms with Crippen LogP contribution in [0.2, 0.25) is 5.15 Å². The minimum Gasteiger partial charge on any atom is -0.292 e. The van der Waals surface area contributed by atoms with E-state index in [0.29, 0.717) is 10.1 Å². The smallest absolute Gasteiger partial charge is 0.268 e. The van der Waals surface area contributed by atoms with Gasteiger partial charge in [-0.3, -0.25) is 9.36 Å². The van der Waals surface area contributed by atoms with Crippen molar-refractivity contribution in [1.82, 2.24) is 19.3 Å². The molecule has 1 aromatic carbocycles. The zero-order valence-electron chi connectivity index (χ0n) is 10.8. The predicted octanol–water partition coefficient (Wildman–Crippen LogP) is 2.74. The van der Waals surface area contributed by atoms with E-state index in [-0.39, 0.29) is 10.7 Å². The van der Waals surface area contributed by atoms with Gasteiger partial charge in [0, 0.05) is 6.20 Å². The molecule has 0 unspecified atom stereocenters. The predicted molar refractivity (Wildman–Crippen MR) is 88.9 cm³/mol. The van der Waals surface area contributed by atoms with Crippen molar-refractivity contribution in [3.8, 4) is 5.69 Å². The molecule has 0 aliphatic heterocycles. The van der Waals surface area contributed by atoms with Crippen LogP contribution in [0.25, 0.3) is 5.69 Å². The van der Waals surface area contributed by atoms with E-state index in [1.165, 1.54) is 10.9 Å². The van der Waals surface area contributed by atoms with Crippen LogP contribution in [0.1, 0.15) is 5.69 Å². The molecule has 0 amide bonds. The highest BCUT2D eigenvalue weighted by Crippen LogP contribution is 2.11. The van der Waals surface area contributed by atoms with Crippen LogP contribution in [0, 0.1) is 3.57 Å². The maximum atomic E-state index is 12.1. The van der Waals surface area contributed by atoms with E-state index >= 15 is 0 Å². The molecule has 21 heavy (non-hydrogen) atoms. The number of benzene rings is 1. The first-order valence-corrected chi connectivity index (χ1v) is 7.61. The topological polar surface area (TPSA) is 52.7 Å². The van der Waals surface area contributed by atoms with E-state index < -0.39 is 0 Å². The third-order valence-electron chi connectivity index (χ3n) is 2.94. The average molecular weight is 413 g/mol. The third-order valence-corrected chi connectivity index (χ3v) is 4.52. The molecular formula is C14H10ClIN4O. The van der Waals surface area contributed by atoms with Gasteiger partial charge in [-0.15, -0.1) is 0 Å². The Morgan fingerprint density at radius 2 is 1.95 bits per heavy atom. The number of rotatable bonds is 3. The van der Waals surface area contributed by atoms with Gasteiger partial charge in [-0.1, -0.05) is 29.8 Å². The van der Waals surface area contributed by atoms with Crippen molar-refractivity contribution >= 4 is 34.2 Å². The van der Waals surface area contributed by atoms with E-state index in [1.807, 2.05) is 65.2 Å². The van der Waals surface area contributed by atoms with Gasteiger partial charge in [0.05, 0.1) is 24.3 Å². The van der Waals surface area contributed by atoms with Crippen LogP contribution in [0.15, 0.2) is 53.7 Å². The van der Waals surface area contributed by atoms with Crippen LogP contribution < -0.4 is 5.56 Å². The Hall–Kier alpha value is -1.67. The highest BCUT2D eigenvalue weighted by molar-refractivity contribution is 14.1. The lowest BCUT2D eigenvalue weighted by Gasteiger charge is -2.04. The molecule has 0 bridgehead atoms. The molecule has 7 heteroatoms. The lowest BCUT2D eigenvalue weighted by atomic mass is 10.3. The lowest BCUT2D eigenvalue weighted by Crippen LogP contribution is -2.23. The number of hydrogen-bond acceptors (Lipinski definition) is 3. The van der Waals surface area contributed by atoms with Crippen molar-refractivity contribution < 1.29 is 0 Å². The maximum Gasteiger partial charge on any atom is 0.268 e. The summed E-state index contributed by atoms with van der Waals surface area (Å²) in [7, 11) is 0. The molecule has 0 saturated carbocycles. The first-order valence-electron chi connectivity index (χ1n) is 6.15. The largest absolute Gasteiger partial charge is 0.292 e. The van der Waals surface area contributed by atoms with E-state index in [2.05, 4.69) is 10.1 Å². The average Bonchev–Trinajstić information content (AvgIpc) is 2.97. The SMILES string of the molecule is O=c1c(I)c(Cl)ncn1Cc1ccn(-c2ccccc2)n1. The molecule has 3 aromatic rings. The van der Waals surface area contributed by atoms with Crippen LogP contribution >= 0.6 is 34.2 Å². The molecule has 0 aliphatic carbocycles. The number of nitrogens with zero attached hydrogens (tertiary/aromatic N) is 4. The molecule has 5 nitrogen and oxygen atoms in total. The summed E-state index contributed by atoms with van der Waals surface area (Å²) in [6, 6.07) is 11.7. The van der Waals surface area contributed by atoms with Crippen LogP contribution in [0.3, 0.4) is 0 Å². The van der Waals surface area contributed by atoms with Crippen molar-refractivity contribution in [3.05, 3.63) is 73.7 Å². The van der Waals surface area contributed by atoms with Crippen molar-refractivity contribution in [1.29, 1.82) is 0 Å². The number of hydrogen-bond donors (Lipinski definition) is 0. The summed E-state index contributed by atoms with van der Waals surface area (Å²) in [5, 5.41) is 4.69. The molecule has 106 valence electrons. The second-order valence-electron chi connectivity index (χ2n) is 4.37. The molecule has 0 N–H and O–H groups in total. The number of halogens is 2. The first kappa shape index (κ1) is 14.3. The van der Waals surface area contributed by atoms with Gasteiger partial charge in [0.15, 0.2) is 0 Å². The van der Waals surface area contributed by atoms with Crippen molar-refractivity contribution in [2.45, 2.75) is 6.54 Å². The highest BCUT2D eigenvalue weighted by Gasteiger charge is 2.08. The van der Waals surface area contributed by atoms with Gasteiger partial charge in [0.25, 0.3) is 5.56 Å². The molecule has 0 saturated heterocycles. The van der Waals surface area contributed by atoms with Gasteiger partial charge in [-0.2, -0.15) is 5.10 Å². The second-order valence-corrected chi connectivity index (χ2v) is 5.81. The van der Waals surface area contributed by atoms with E-state index in [1.54, 1.807) is 4.68 Å². The van der Waals surface area contributed by atoms with Crippen LogP contribution in [0.5, 0.6) is 0 Å². The van der Waals surface area contributed by atoms with Gasteiger partial charge in [-0.25, -0.2) is 9.67 Å². The summed E-state index contributed by atoms with van der Waals surface area (Å²) in [5.74, 6) is 0. The zero-order valence-corrected chi connectivity index (χ0v) is 13.7. The molecule has 0 radical (unpaired) electrons. The molecule has 0 atom stereocenters. The van der Waals surface area contributed by atoms with Crippen LogP contribution in [-0.2, 0) is 6.54 Å². The molecule has 3 rings (SSSR count). The summed E-state index contributed by atoms with van der Waals surface area (Å²) in [6.45, 7) is 0.360. The Kier molecular flexibility index (Phi) is 4.07. The summed E-state index contributed by atoms with van der Waals surface area (Å²) >= 11 is 7.72. The van der Waals surface area contributed by atoms with Gasteiger partial charge < -0.3 is 0 Å². The third kappa shape index (κ3) is 3.01. The summed E-state index contributed by atoms with van der Waals surface area (Å²) < 4.78 is 3.68. The van der Waals surface area contributed by atoms with Gasteiger partial charge in [0.2, 0.25) is 0 Å². The molecule has 0 aliphatic rings. The van der Waals surface area contributed by atoms with Gasteiger partial charge in [0.1, 0.15) is 8.72 Å². The molecule has 2 heterocycles. The summed E-state index contributed by atoms with van der Waals surface area (Å²) in [5.41, 5.74) is 1.59. The Morgan fingerprint density at radius 1 is 1.19 bits per heavy atom. The first-order chi connectivity index (χ1) is 10.1. The Morgan fingerprint density at radius 3 is 2.71 bits per heavy atom.